The zero-order valence-electron chi connectivity index (χ0n) is 16.3. The van der Waals surface area contributed by atoms with Crippen molar-refractivity contribution in [2.75, 3.05) is 32.1 Å². The normalized spacial score (nSPS) is 15.9. The van der Waals surface area contributed by atoms with Crippen LogP contribution in [0.25, 0.3) is 0 Å². The number of aryl methyl sites for hydroxylation is 1. The molecule has 3 rings (SSSR count). The van der Waals surface area contributed by atoms with Crippen LogP contribution in [0.15, 0.2) is 48.5 Å². The predicted molar refractivity (Wildman–Crippen MR) is 108 cm³/mol. The van der Waals surface area contributed by atoms with Gasteiger partial charge in [0.25, 0.3) is 11.8 Å². The number of nitrogens with zero attached hydrogens (tertiary/aromatic N) is 1. The maximum Gasteiger partial charge on any atom is 0.253 e. The number of benzene rings is 2. The van der Waals surface area contributed by atoms with Crippen LogP contribution in [0.2, 0.25) is 0 Å². The van der Waals surface area contributed by atoms with E-state index in [1.165, 1.54) is 0 Å². The van der Waals surface area contributed by atoms with E-state index in [-0.39, 0.29) is 11.8 Å². The molecule has 0 radical (unpaired) electrons. The summed E-state index contributed by atoms with van der Waals surface area (Å²) in [5, 5.41) is 2.83. The minimum Gasteiger partial charge on any atom is -0.492 e. The Bertz CT molecular complexity index is 831. The van der Waals surface area contributed by atoms with E-state index in [4.69, 9.17) is 9.47 Å². The fraction of sp³-hybridized carbons (Fsp3) is 0.364. The van der Waals surface area contributed by atoms with Gasteiger partial charge >= 0.3 is 0 Å². The number of anilines is 1. The first-order valence-corrected chi connectivity index (χ1v) is 9.50. The van der Waals surface area contributed by atoms with E-state index in [1.54, 1.807) is 36.2 Å². The van der Waals surface area contributed by atoms with E-state index < -0.39 is 6.10 Å². The number of nitrogens with one attached hydrogen (secondary N) is 1. The summed E-state index contributed by atoms with van der Waals surface area (Å²) in [4.78, 5) is 26.5. The van der Waals surface area contributed by atoms with E-state index in [9.17, 15) is 9.59 Å². The van der Waals surface area contributed by atoms with E-state index in [2.05, 4.69) is 5.32 Å². The van der Waals surface area contributed by atoms with Gasteiger partial charge in [0.2, 0.25) is 0 Å². The minimum atomic E-state index is -0.402. The highest BCUT2D eigenvalue weighted by molar-refractivity contribution is 5.98. The molecule has 0 spiro atoms. The Morgan fingerprint density at radius 2 is 2.04 bits per heavy atom. The van der Waals surface area contributed by atoms with Gasteiger partial charge in [-0.1, -0.05) is 18.2 Å². The van der Waals surface area contributed by atoms with Gasteiger partial charge in [0.1, 0.15) is 18.5 Å². The van der Waals surface area contributed by atoms with Crippen LogP contribution in [-0.4, -0.2) is 49.6 Å². The van der Waals surface area contributed by atoms with Crippen molar-refractivity contribution in [2.24, 2.45) is 0 Å². The van der Waals surface area contributed by atoms with E-state index >= 15 is 0 Å². The van der Waals surface area contributed by atoms with Crippen molar-refractivity contribution in [1.29, 1.82) is 0 Å². The number of hydrogen-bond acceptors (Lipinski definition) is 4. The first-order chi connectivity index (χ1) is 13.5. The Labute approximate surface area is 165 Å². The molecule has 1 N–H and O–H groups in total. The Morgan fingerprint density at radius 3 is 2.79 bits per heavy atom. The summed E-state index contributed by atoms with van der Waals surface area (Å²) < 4.78 is 11.1. The molecule has 1 atom stereocenters. The molecular weight excluding hydrogens is 356 g/mol. The topological polar surface area (TPSA) is 67.9 Å². The van der Waals surface area contributed by atoms with Crippen molar-refractivity contribution in [3.05, 3.63) is 59.7 Å². The molecule has 1 saturated heterocycles. The lowest BCUT2D eigenvalue weighted by atomic mass is 10.1. The molecule has 148 valence electrons. The molecule has 1 aliphatic rings. The van der Waals surface area contributed by atoms with Gasteiger partial charge in [0.15, 0.2) is 0 Å². The molecule has 2 amide bonds. The summed E-state index contributed by atoms with van der Waals surface area (Å²) in [6.45, 7) is 3.49. The van der Waals surface area contributed by atoms with Crippen LogP contribution >= 0.6 is 0 Å². The molecule has 2 aromatic rings. The summed E-state index contributed by atoms with van der Waals surface area (Å²) in [7, 11) is 1.74. The van der Waals surface area contributed by atoms with Crippen molar-refractivity contribution < 1.29 is 19.1 Å². The molecular formula is C22H26N2O4. The number of carbonyl (C=O) groups excluding carboxylic acids is 2. The largest absolute Gasteiger partial charge is 0.492 e. The van der Waals surface area contributed by atoms with Gasteiger partial charge in [-0.25, -0.2) is 0 Å². The van der Waals surface area contributed by atoms with Gasteiger partial charge in [-0.15, -0.1) is 0 Å². The van der Waals surface area contributed by atoms with Gasteiger partial charge in [-0.2, -0.15) is 0 Å². The van der Waals surface area contributed by atoms with Crippen LogP contribution in [-0.2, 0) is 9.53 Å². The summed E-state index contributed by atoms with van der Waals surface area (Å²) >= 11 is 0. The predicted octanol–water partition coefficient (Wildman–Crippen LogP) is 3.26. The summed E-state index contributed by atoms with van der Waals surface area (Å²) in [5.74, 6) is 0.503. The zero-order chi connectivity index (χ0) is 19.9. The molecule has 0 aliphatic carbocycles. The van der Waals surface area contributed by atoms with Crippen LogP contribution < -0.4 is 10.1 Å². The quantitative estimate of drug-likeness (QED) is 0.798. The van der Waals surface area contributed by atoms with Crippen molar-refractivity contribution in [3.63, 3.8) is 0 Å². The molecule has 1 heterocycles. The third-order valence-corrected chi connectivity index (χ3v) is 4.63. The summed E-state index contributed by atoms with van der Waals surface area (Å²) in [6, 6.07) is 14.8. The zero-order valence-corrected chi connectivity index (χ0v) is 16.3. The van der Waals surface area contributed by atoms with Gasteiger partial charge in [0.05, 0.1) is 6.54 Å². The van der Waals surface area contributed by atoms with Gasteiger partial charge in [-0.05, 0) is 55.7 Å². The molecule has 2 aromatic carbocycles. The molecule has 1 unspecified atom stereocenters. The van der Waals surface area contributed by atoms with Crippen molar-refractivity contribution in [2.45, 2.75) is 25.9 Å². The average Bonchev–Trinajstić information content (AvgIpc) is 3.22. The van der Waals surface area contributed by atoms with Gasteiger partial charge in [-0.3, -0.25) is 9.59 Å². The molecule has 6 nitrogen and oxygen atoms in total. The first-order valence-electron chi connectivity index (χ1n) is 9.50. The van der Waals surface area contributed by atoms with Crippen LogP contribution in [0.3, 0.4) is 0 Å². The second kappa shape index (κ2) is 9.37. The Kier molecular flexibility index (Phi) is 6.66. The van der Waals surface area contributed by atoms with E-state index in [0.717, 1.165) is 24.2 Å². The fourth-order valence-electron chi connectivity index (χ4n) is 3.06. The summed E-state index contributed by atoms with van der Waals surface area (Å²) in [6.07, 6.45) is 1.22. The molecule has 0 saturated carbocycles. The highest BCUT2D eigenvalue weighted by Crippen LogP contribution is 2.17. The highest BCUT2D eigenvalue weighted by atomic mass is 16.5. The third kappa shape index (κ3) is 5.33. The number of rotatable bonds is 7. The lowest BCUT2D eigenvalue weighted by molar-refractivity contribution is -0.124. The molecule has 1 aliphatic heterocycles. The Morgan fingerprint density at radius 1 is 1.21 bits per heavy atom. The maximum absolute atomic E-state index is 12.7. The first kappa shape index (κ1) is 19.9. The van der Waals surface area contributed by atoms with Gasteiger partial charge in [0, 0.05) is 24.9 Å². The van der Waals surface area contributed by atoms with Crippen LogP contribution in [0.4, 0.5) is 5.69 Å². The molecule has 0 bridgehead atoms. The molecule has 0 aromatic heterocycles. The molecule has 28 heavy (non-hydrogen) atoms. The maximum atomic E-state index is 12.7. The van der Waals surface area contributed by atoms with Gasteiger partial charge < -0.3 is 19.7 Å². The Hall–Kier alpha value is -2.86. The lowest BCUT2D eigenvalue weighted by Crippen LogP contribution is -2.31. The standard InChI is InChI=1S/C22H26N2O4/c1-16-6-3-9-19(14-16)27-13-11-24(2)22(26)17-7-4-8-18(15-17)23-21(25)20-10-5-12-28-20/h3-4,6-9,14-15,20H,5,10-13H2,1-2H3,(H,23,25). The van der Waals surface area contributed by atoms with Crippen LogP contribution in [0.1, 0.15) is 28.8 Å². The Balaban J connectivity index is 1.53. The highest BCUT2D eigenvalue weighted by Gasteiger charge is 2.23. The average molecular weight is 382 g/mol. The smallest absolute Gasteiger partial charge is 0.253 e. The molecule has 6 heteroatoms. The number of carbonyl (C=O) groups is 2. The second-order valence-electron chi connectivity index (χ2n) is 6.96. The SMILES string of the molecule is Cc1cccc(OCCN(C)C(=O)c2cccc(NC(=O)C3CCCO3)c2)c1. The van der Waals surface area contributed by atoms with Crippen molar-refractivity contribution in [3.8, 4) is 5.75 Å². The minimum absolute atomic E-state index is 0.124. The fourth-order valence-corrected chi connectivity index (χ4v) is 3.06. The molecule has 1 fully saturated rings. The van der Waals surface area contributed by atoms with Crippen molar-refractivity contribution >= 4 is 17.5 Å². The van der Waals surface area contributed by atoms with Crippen LogP contribution in [0.5, 0.6) is 5.75 Å². The number of hydrogen-bond donors (Lipinski definition) is 1. The van der Waals surface area contributed by atoms with E-state index in [0.29, 0.717) is 31.0 Å². The third-order valence-electron chi connectivity index (χ3n) is 4.63. The van der Waals surface area contributed by atoms with Crippen molar-refractivity contribution in [1.82, 2.24) is 4.90 Å². The van der Waals surface area contributed by atoms with E-state index in [1.807, 2.05) is 31.2 Å². The number of likely N-dealkylation sites (N-methyl/N-ethyl adjacent to an activating group) is 1. The van der Waals surface area contributed by atoms with Crippen LogP contribution in [0, 0.1) is 6.92 Å². The lowest BCUT2D eigenvalue weighted by Gasteiger charge is -2.18. The number of ether oxygens (including phenoxy) is 2. The second-order valence-corrected chi connectivity index (χ2v) is 6.96. The number of amides is 2. The monoisotopic (exact) mass is 382 g/mol. The summed E-state index contributed by atoms with van der Waals surface area (Å²) in [5.41, 5.74) is 2.24.